The quantitative estimate of drug-likeness (QED) is 0.873. The maximum Gasteiger partial charge on any atom is 0.257 e. The molecule has 0 radical (unpaired) electrons. The third kappa shape index (κ3) is 3.75. The molecule has 0 aliphatic carbocycles. The van der Waals surface area contributed by atoms with Gasteiger partial charge in [0.2, 0.25) is 0 Å². The van der Waals surface area contributed by atoms with Crippen molar-refractivity contribution in [2.45, 2.75) is 13.0 Å². The lowest BCUT2D eigenvalue weighted by Gasteiger charge is -2.20. The Labute approximate surface area is 134 Å². The molecule has 0 saturated carbocycles. The number of rotatable bonds is 6. The molecule has 7 heteroatoms. The SMILES string of the molecule is COCC(O)CN(C)C(=O)c1cnn(-c2ccccc2F)c1C. The van der Waals surface area contributed by atoms with Gasteiger partial charge in [-0.25, -0.2) is 9.07 Å². The molecule has 1 N–H and O–H groups in total. The first-order valence-electron chi connectivity index (χ1n) is 7.17. The molecule has 0 aliphatic rings. The number of amides is 1. The first-order valence-corrected chi connectivity index (χ1v) is 7.17. The Bertz CT molecular complexity index is 687. The number of hydrogen-bond acceptors (Lipinski definition) is 4. The van der Waals surface area contributed by atoms with Gasteiger partial charge in [-0.15, -0.1) is 0 Å². The predicted octanol–water partition coefficient (Wildman–Crippen LogP) is 1.40. The molecule has 1 heterocycles. The van der Waals surface area contributed by atoms with Crippen LogP contribution in [-0.2, 0) is 4.74 Å². The number of ether oxygens (including phenoxy) is 1. The third-order valence-electron chi connectivity index (χ3n) is 3.51. The van der Waals surface area contributed by atoms with Gasteiger partial charge in [-0.3, -0.25) is 4.79 Å². The molecule has 0 aliphatic heterocycles. The summed E-state index contributed by atoms with van der Waals surface area (Å²) >= 11 is 0. The van der Waals surface area contributed by atoms with E-state index in [-0.39, 0.29) is 24.7 Å². The number of aliphatic hydroxyl groups excluding tert-OH is 1. The number of aromatic nitrogens is 2. The Kier molecular flexibility index (Phi) is 5.46. The molecule has 2 rings (SSSR count). The van der Waals surface area contributed by atoms with Gasteiger partial charge in [0, 0.05) is 20.7 Å². The van der Waals surface area contributed by atoms with Crippen LogP contribution in [0.15, 0.2) is 30.5 Å². The molecule has 0 fully saturated rings. The molecule has 0 saturated heterocycles. The summed E-state index contributed by atoms with van der Waals surface area (Å²) < 4.78 is 20.1. The molecule has 1 aromatic heterocycles. The lowest BCUT2D eigenvalue weighted by molar-refractivity contribution is 0.0380. The van der Waals surface area contributed by atoms with E-state index >= 15 is 0 Å². The number of nitrogens with zero attached hydrogens (tertiary/aromatic N) is 3. The van der Waals surface area contributed by atoms with Gasteiger partial charge in [-0.2, -0.15) is 5.10 Å². The van der Waals surface area contributed by atoms with Gasteiger partial charge >= 0.3 is 0 Å². The van der Waals surface area contributed by atoms with Crippen molar-refractivity contribution in [3.63, 3.8) is 0 Å². The Hall–Kier alpha value is -2.25. The molecule has 0 spiro atoms. The van der Waals surface area contributed by atoms with Gasteiger partial charge in [-0.05, 0) is 19.1 Å². The fourth-order valence-corrected chi connectivity index (χ4v) is 2.34. The minimum atomic E-state index is -0.768. The largest absolute Gasteiger partial charge is 0.389 e. The number of carbonyl (C=O) groups excluding carboxylic acids is 1. The van der Waals surface area contributed by atoms with E-state index in [1.54, 1.807) is 32.2 Å². The minimum Gasteiger partial charge on any atom is -0.389 e. The summed E-state index contributed by atoms with van der Waals surface area (Å²) in [4.78, 5) is 13.9. The van der Waals surface area contributed by atoms with Crippen molar-refractivity contribution in [3.8, 4) is 5.69 Å². The van der Waals surface area contributed by atoms with Gasteiger partial charge in [-0.1, -0.05) is 12.1 Å². The van der Waals surface area contributed by atoms with E-state index < -0.39 is 11.9 Å². The highest BCUT2D eigenvalue weighted by Gasteiger charge is 2.21. The third-order valence-corrected chi connectivity index (χ3v) is 3.51. The van der Waals surface area contributed by atoms with Crippen LogP contribution in [-0.4, -0.2) is 59.1 Å². The number of likely N-dealkylation sites (N-methyl/N-ethyl adjacent to an activating group) is 1. The summed E-state index contributed by atoms with van der Waals surface area (Å²) in [5.41, 5.74) is 1.18. The summed E-state index contributed by atoms with van der Waals surface area (Å²) in [7, 11) is 3.06. The average Bonchev–Trinajstić information content (AvgIpc) is 2.88. The number of halogens is 1. The zero-order valence-electron chi connectivity index (χ0n) is 13.4. The number of para-hydroxylation sites is 1. The summed E-state index contributed by atoms with van der Waals surface area (Å²) in [6, 6.07) is 6.23. The van der Waals surface area contributed by atoms with Gasteiger partial charge in [0.1, 0.15) is 11.5 Å². The van der Waals surface area contributed by atoms with E-state index in [4.69, 9.17) is 4.74 Å². The van der Waals surface area contributed by atoms with Crippen LogP contribution < -0.4 is 0 Å². The summed E-state index contributed by atoms with van der Waals surface area (Å²) in [5, 5.41) is 13.8. The molecule has 2 aromatic rings. The topological polar surface area (TPSA) is 67.6 Å². The first kappa shape index (κ1) is 17.1. The number of aliphatic hydroxyl groups is 1. The Morgan fingerprint density at radius 3 is 2.83 bits per heavy atom. The molecule has 1 amide bonds. The van der Waals surface area contributed by atoms with Gasteiger partial charge in [0.15, 0.2) is 0 Å². The normalized spacial score (nSPS) is 12.2. The first-order chi connectivity index (χ1) is 11.0. The number of benzene rings is 1. The van der Waals surface area contributed by atoms with Crippen LogP contribution in [0.5, 0.6) is 0 Å². The van der Waals surface area contributed by atoms with Crippen molar-refractivity contribution in [1.82, 2.24) is 14.7 Å². The zero-order chi connectivity index (χ0) is 17.0. The molecule has 1 atom stereocenters. The van der Waals surface area contributed by atoms with Crippen LogP contribution in [0.3, 0.4) is 0 Å². The standard InChI is InChI=1S/C16H20FN3O3/c1-11-13(16(22)19(2)9-12(21)10-23-3)8-18-20(11)15-7-5-4-6-14(15)17/h4-8,12,21H,9-10H2,1-3H3. The lowest BCUT2D eigenvalue weighted by atomic mass is 10.2. The maximum atomic E-state index is 13.9. The molecule has 1 unspecified atom stereocenters. The van der Waals surface area contributed by atoms with Crippen molar-refractivity contribution in [3.05, 3.63) is 47.5 Å². The average molecular weight is 321 g/mol. The second kappa shape index (κ2) is 7.34. The van der Waals surface area contributed by atoms with Crippen molar-refractivity contribution in [2.75, 3.05) is 27.3 Å². The Morgan fingerprint density at radius 1 is 1.48 bits per heavy atom. The second-order valence-corrected chi connectivity index (χ2v) is 5.30. The van der Waals surface area contributed by atoms with E-state index in [9.17, 15) is 14.3 Å². The summed E-state index contributed by atoms with van der Waals surface area (Å²) in [6.45, 7) is 1.98. The fourth-order valence-electron chi connectivity index (χ4n) is 2.34. The van der Waals surface area contributed by atoms with E-state index in [1.807, 2.05) is 0 Å². The molecule has 23 heavy (non-hydrogen) atoms. The van der Waals surface area contributed by atoms with E-state index in [0.717, 1.165) is 0 Å². The predicted molar refractivity (Wildman–Crippen MR) is 83.1 cm³/mol. The van der Waals surface area contributed by atoms with Crippen LogP contribution in [0, 0.1) is 12.7 Å². The van der Waals surface area contributed by atoms with Gasteiger partial charge in [0.25, 0.3) is 5.91 Å². The fraction of sp³-hybridized carbons (Fsp3) is 0.375. The number of carbonyl (C=O) groups is 1. The smallest absolute Gasteiger partial charge is 0.257 e. The lowest BCUT2D eigenvalue weighted by Crippen LogP contribution is -2.36. The Balaban J connectivity index is 2.22. The van der Waals surface area contributed by atoms with Crippen LogP contribution in [0.2, 0.25) is 0 Å². The van der Waals surface area contributed by atoms with E-state index in [2.05, 4.69) is 5.10 Å². The van der Waals surface area contributed by atoms with Gasteiger partial charge in [0.05, 0.1) is 30.2 Å². The monoisotopic (exact) mass is 321 g/mol. The second-order valence-electron chi connectivity index (χ2n) is 5.30. The van der Waals surface area contributed by atoms with Crippen molar-refractivity contribution in [1.29, 1.82) is 0 Å². The van der Waals surface area contributed by atoms with Crippen LogP contribution in [0.1, 0.15) is 16.1 Å². The molecular formula is C16H20FN3O3. The molecule has 124 valence electrons. The van der Waals surface area contributed by atoms with Crippen molar-refractivity contribution < 1.29 is 19.0 Å². The zero-order valence-corrected chi connectivity index (χ0v) is 13.4. The number of methoxy groups -OCH3 is 1. The van der Waals surface area contributed by atoms with Crippen LogP contribution >= 0.6 is 0 Å². The van der Waals surface area contributed by atoms with Crippen LogP contribution in [0.25, 0.3) is 5.69 Å². The van der Waals surface area contributed by atoms with E-state index in [1.165, 1.54) is 29.0 Å². The highest BCUT2D eigenvalue weighted by Crippen LogP contribution is 2.18. The molecule has 0 bridgehead atoms. The van der Waals surface area contributed by atoms with E-state index in [0.29, 0.717) is 11.3 Å². The number of hydrogen-bond donors (Lipinski definition) is 1. The van der Waals surface area contributed by atoms with Crippen molar-refractivity contribution >= 4 is 5.91 Å². The summed E-state index contributed by atoms with van der Waals surface area (Å²) in [5.74, 6) is -0.707. The molecule has 6 nitrogen and oxygen atoms in total. The maximum absolute atomic E-state index is 13.9. The molecular weight excluding hydrogens is 301 g/mol. The highest BCUT2D eigenvalue weighted by molar-refractivity contribution is 5.95. The highest BCUT2D eigenvalue weighted by atomic mass is 19.1. The van der Waals surface area contributed by atoms with Crippen molar-refractivity contribution in [2.24, 2.45) is 0 Å². The minimum absolute atomic E-state index is 0.136. The molecule has 1 aromatic carbocycles. The Morgan fingerprint density at radius 2 is 2.17 bits per heavy atom. The van der Waals surface area contributed by atoms with Gasteiger partial charge < -0.3 is 14.7 Å². The van der Waals surface area contributed by atoms with Crippen LogP contribution in [0.4, 0.5) is 4.39 Å². The summed E-state index contributed by atoms with van der Waals surface area (Å²) in [6.07, 6.45) is 0.638.